The molecule has 0 saturated carbocycles. The number of hydrogen-bond acceptors (Lipinski definition) is 11. The standard InChI is InChI=1S/C20H22O11S.K/c21-10-16-17(23)18(24)19(25)20(30-16)29-14-7-12(8-15(9-14)31-32(26,27)28)2-1-11-3-5-13(22)6-4-11;/h1-9,16-25H,10H2,(H,26,27,28);/q;+1/p-1/b2-1+;/t16-,17-,18+,19-,20-;/m1./s1. The minimum atomic E-state index is -5.10. The van der Waals surface area contributed by atoms with E-state index in [1.54, 1.807) is 18.2 Å². The largest absolute Gasteiger partial charge is 1.00 e. The van der Waals surface area contributed by atoms with Gasteiger partial charge in [-0.15, -0.1) is 0 Å². The number of hydrogen-bond donors (Lipinski definition) is 5. The van der Waals surface area contributed by atoms with Gasteiger partial charge in [-0.25, -0.2) is 8.42 Å². The second-order valence-corrected chi connectivity index (χ2v) is 7.95. The van der Waals surface area contributed by atoms with Crippen molar-refractivity contribution in [2.75, 3.05) is 6.61 Å². The maximum absolute atomic E-state index is 11.0. The van der Waals surface area contributed by atoms with Gasteiger partial charge in [-0.05, 0) is 35.4 Å². The van der Waals surface area contributed by atoms with E-state index in [0.717, 1.165) is 6.07 Å². The molecule has 2 aromatic carbocycles. The van der Waals surface area contributed by atoms with Gasteiger partial charge in [0.25, 0.3) is 10.4 Å². The Balaban J connectivity index is 0.00000385. The molecule has 0 aliphatic carbocycles. The molecule has 174 valence electrons. The zero-order valence-electron chi connectivity index (χ0n) is 17.4. The molecule has 1 fully saturated rings. The minimum Gasteiger partial charge on any atom is -0.716 e. The summed E-state index contributed by atoms with van der Waals surface area (Å²) < 4.78 is 48.2. The average Bonchev–Trinajstić information content (AvgIpc) is 2.72. The van der Waals surface area contributed by atoms with Gasteiger partial charge in [-0.3, -0.25) is 0 Å². The van der Waals surface area contributed by atoms with Crippen LogP contribution in [0.25, 0.3) is 12.2 Å². The third-order valence-electron chi connectivity index (χ3n) is 4.56. The van der Waals surface area contributed by atoms with Gasteiger partial charge in [-0.1, -0.05) is 24.3 Å². The molecule has 11 nitrogen and oxygen atoms in total. The van der Waals surface area contributed by atoms with Gasteiger partial charge in [0.2, 0.25) is 6.29 Å². The van der Waals surface area contributed by atoms with E-state index in [0.29, 0.717) is 11.1 Å². The van der Waals surface area contributed by atoms with Crippen molar-refractivity contribution in [3.63, 3.8) is 0 Å². The third-order valence-corrected chi connectivity index (χ3v) is 4.96. The van der Waals surface area contributed by atoms with Crippen molar-refractivity contribution >= 4 is 22.6 Å². The molecule has 0 spiro atoms. The third kappa shape index (κ3) is 7.99. The number of benzene rings is 2. The first-order chi connectivity index (χ1) is 15.1. The molecule has 13 heteroatoms. The Labute approximate surface area is 232 Å². The van der Waals surface area contributed by atoms with E-state index >= 15 is 0 Å². The predicted octanol–water partition coefficient (Wildman–Crippen LogP) is -3.42. The quantitative estimate of drug-likeness (QED) is 0.109. The summed E-state index contributed by atoms with van der Waals surface area (Å²) in [7, 11) is -5.10. The monoisotopic (exact) mass is 508 g/mol. The molecule has 5 atom stereocenters. The van der Waals surface area contributed by atoms with Crippen LogP contribution in [0.3, 0.4) is 0 Å². The summed E-state index contributed by atoms with van der Waals surface area (Å²) in [6, 6.07) is 9.89. The molecule has 1 heterocycles. The van der Waals surface area contributed by atoms with E-state index in [1.165, 1.54) is 30.3 Å². The van der Waals surface area contributed by atoms with Crippen LogP contribution in [0.2, 0.25) is 0 Å². The minimum absolute atomic E-state index is 0. The van der Waals surface area contributed by atoms with Crippen molar-refractivity contribution in [2.45, 2.75) is 30.7 Å². The molecule has 0 amide bonds. The van der Waals surface area contributed by atoms with Crippen LogP contribution >= 0.6 is 0 Å². The Morgan fingerprint density at radius 1 is 0.939 bits per heavy atom. The van der Waals surface area contributed by atoms with Crippen molar-refractivity contribution in [1.82, 2.24) is 0 Å². The molecule has 5 N–H and O–H groups in total. The number of phenolic OH excluding ortho intramolecular Hbond substituents is 1. The summed E-state index contributed by atoms with van der Waals surface area (Å²) >= 11 is 0. The van der Waals surface area contributed by atoms with E-state index in [-0.39, 0.29) is 68.6 Å². The van der Waals surface area contributed by atoms with Crippen molar-refractivity contribution in [3.8, 4) is 17.2 Å². The van der Waals surface area contributed by atoms with E-state index in [4.69, 9.17) is 9.47 Å². The van der Waals surface area contributed by atoms with Crippen molar-refractivity contribution < 1.29 is 104 Å². The molecule has 0 unspecified atom stereocenters. The Bertz CT molecular complexity index is 1060. The summed E-state index contributed by atoms with van der Waals surface area (Å²) in [5.41, 5.74) is 1.03. The molecule has 0 radical (unpaired) electrons. The van der Waals surface area contributed by atoms with Crippen LogP contribution in [0.4, 0.5) is 0 Å². The Kier molecular flexibility index (Phi) is 10.3. The Morgan fingerprint density at radius 3 is 2.15 bits per heavy atom. The summed E-state index contributed by atoms with van der Waals surface area (Å²) in [5.74, 6) is -0.401. The molecule has 3 rings (SSSR count). The first kappa shape index (κ1) is 28.2. The van der Waals surface area contributed by atoms with Gasteiger partial charge < -0.3 is 43.7 Å². The number of ether oxygens (including phenoxy) is 2. The van der Waals surface area contributed by atoms with Gasteiger partial charge in [0.05, 0.1) is 6.61 Å². The normalized spacial score (nSPS) is 25.4. The number of aromatic hydroxyl groups is 1. The maximum Gasteiger partial charge on any atom is 1.00 e. The first-order valence-electron chi connectivity index (χ1n) is 9.30. The zero-order chi connectivity index (χ0) is 23.5. The molecular formula is C20H21KO11S. The molecule has 0 aromatic heterocycles. The van der Waals surface area contributed by atoms with E-state index in [1.807, 2.05) is 0 Å². The second kappa shape index (κ2) is 12.1. The van der Waals surface area contributed by atoms with Gasteiger partial charge >= 0.3 is 51.4 Å². The first-order valence-corrected chi connectivity index (χ1v) is 10.6. The molecule has 2 aromatic rings. The average molecular weight is 509 g/mol. The number of rotatable bonds is 7. The molecular weight excluding hydrogens is 487 g/mol. The topological polar surface area (TPSA) is 186 Å². The van der Waals surface area contributed by atoms with Crippen molar-refractivity contribution in [1.29, 1.82) is 0 Å². The van der Waals surface area contributed by atoms with E-state index in [9.17, 15) is 38.5 Å². The number of phenols is 1. The van der Waals surface area contributed by atoms with E-state index < -0.39 is 47.7 Å². The summed E-state index contributed by atoms with van der Waals surface area (Å²) in [6.07, 6.45) is -4.54. The van der Waals surface area contributed by atoms with Gasteiger partial charge in [0, 0.05) is 6.07 Å². The fourth-order valence-corrected chi connectivity index (χ4v) is 3.33. The molecule has 0 bridgehead atoms. The van der Waals surface area contributed by atoms with Crippen LogP contribution in [-0.2, 0) is 15.1 Å². The predicted molar refractivity (Wildman–Crippen MR) is 108 cm³/mol. The van der Waals surface area contributed by atoms with Crippen LogP contribution in [0.15, 0.2) is 42.5 Å². The fourth-order valence-electron chi connectivity index (χ4n) is 3.00. The second-order valence-electron chi connectivity index (χ2n) is 6.97. The number of aliphatic hydroxyl groups excluding tert-OH is 4. The SMILES string of the molecule is O=S(=O)([O-])Oc1cc(/C=C/c2ccc(O)cc2)cc(O[C@@H]2O[C@H](CO)[C@@H](O)[C@H](O)[C@H]2O)c1.[K+]. The van der Waals surface area contributed by atoms with Gasteiger partial charge in [-0.2, -0.15) is 0 Å². The van der Waals surface area contributed by atoms with Crippen LogP contribution in [0, 0.1) is 0 Å². The molecule has 33 heavy (non-hydrogen) atoms. The molecule has 1 saturated heterocycles. The van der Waals surface area contributed by atoms with Crippen LogP contribution in [-0.4, -0.2) is 75.8 Å². The van der Waals surface area contributed by atoms with Crippen LogP contribution in [0.5, 0.6) is 17.2 Å². The summed E-state index contributed by atoms with van der Waals surface area (Å²) in [5, 5.41) is 48.5. The van der Waals surface area contributed by atoms with Crippen LogP contribution < -0.4 is 60.3 Å². The fraction of sp³-hybridized carbons (Fsp3) is 0.300. The van der Waals surface area contributed by atoms with Gasteiger partial charge in [0.15, 0.2) is 0 Å². The van der Waals surface area contributed by atoms with Crippen molar-refractivity contribution in [3.05, 3.63) is 53.6 Å². The molecule has 1 aliphatic heterocycles. The maximum atomic E-state index is 11.0. The van der Waals surface area contributed by atoms with Gasteiger partial charge in [0.1, 0.15) is 41.7 Å². The Hall–Kier alpha value is -1.07. The Morgan fingerprint density at radius 2 is 1.55 bits per heavy atom. The summed E-state index contributed by atoms with van der Waals surface area (Å²) in [4.78, 5) is 0. The number of aliphatic hydroxyl groups is 4. The van der Waals surface area contributed by atoms with Crippen molar-refractivity contribution in [2.24, 2.45) is 0 Å². The summed E-state index contributed by atoms with van der Waals surface area (Å²) in [6.45, 7) is -0.664. The van der Waals surface area contributed by atoms with E-state index in [2.05, 4.69) is 4.18 Å². The molecule has 1 aliphatic rings. The zero-order valence-corrected chi connectivity index (χ0v) is 21.3. The smallest absolute Gasteiger partial charge is 0.716 e. The van der Waals surface area contributed by atoms with Crippen LogP contribution in [0.1, 0.15) is 11.1 Å².